The molecule has 1 N–H and O–H groups in total. The topological polar surface area (TPSA) is 23.5 Å². The highest BCUT2D eigenvalue weighted by Gasteiger charge is 2.22. The molecule has 0 aromatic heterocycles. The van der Waals surface area contributed by atoms with Crippen LogP contribution in [0.25, 0.3) is 0 Å². The highest BCUT2D eigenvalue weighted by molar-refractivity contribution is 5.14. The van der Waals surface area contributed by atoms with E-state index in [2.05, 4.69) is 35.2 Å². The lowest BCUT2D eigenvalue weighted by Crippen LogP contribution is -2.30. The van der Waals surface area contributed by atoms with E-state index in [0.29, 0.717) is 6.61 Å². The van der Waals surface area contributed by atoms with Gasteiger partial charge in [0.15, 0.2) is 0 Å². The molecular formula is C17H27NO. The van der Waals surface area contributed by atoms with Crippen molar-refractivity contribution in [3.8, 4) is 0 Å². The Morgan fingerprint density at radius 1 is 1.11 bits per heavy atom. The summed E-state index contributed by atoms with van der Waals surface area (Å²) in [5, 5.41) is 8.86. The molecule has 2 rings (SSSR count). The third kappa shape index (κ3) is 4.96. The van der Waals surface area contributed by atoms with Gasteiger partial charge in [-0.05, 0) is 63.6 Å². The Bertz CT molecular complexity index is 338. The minimum Gasteiger partial charge on any atom is -0.396 e. The zero-order valence-electron chi connectivity index (χ0n) is 11.9. The molecule has 0 amide bonds. The molecule has 0 aliphatic carbocycles. The SMILES string of the molecule is OCCCCN1CCCC1CCCc1ccccc1. The second kappa shape index (κ2) is 8.34. The Hall–Kier alpha value is -0.860. The summed E-state index contributed by atoms with van der Waals surface area (Å²) in [4.78, 5) is 2.64. The Morgan fingerprint density at radius 3 is 2.74 bits per heavy atom. The Balaban J connectivity index is 1.66. The zero-order valence-corrected chi connectivity index (χ0v) is 11.9. The lowest BCUT2D eigenvalue weighted by atomic mass is 10.0. The Labute approximate surface area is 117 Å². The van der Waals surface area contributed by atoms with Gasteiger partial charge in [0.05, 0.1) is 0 Å². The molecule has 1 fully saturated rings. The predicted molar refractivity (Wildman–Crippen MR) is 80.3 cm³/mol. The Morgan fingerprint density at radius 2 is 1.95 bits per heavy atom. The number of aliphatic hydroxyl groups excluding tert-OH is 1. The molecule has 1 aromatic carbocycles. The van der Waals surface area contributed by atoms with Crippen molar-refractivity contribution >= 4 is 0 Å². The van der Waals surface area contributed by atoms with Gasteiger partial charge >= 0.3 is 0 Å². The van der Waals surface area contributed by atoms with Crippen LogP contribution >= 0.6 is 0 Å². The summed E-state index contributed by atoms with van der Waals surface area (Å²) in [6, 6.07) is 11.6. The number of aliphatic hydroxyl groups is 1. The minimum absolute atomic E-state index is 0.340. The summed E-state index contributed by atoms with van der Waals surface area (Å²) in [5.41, 5.74) is 1.47. The summed E-state index contributed by atoms with van der Waals surface area (Å²) in [6.45, 7) is 2.78. The quantitative estimate of drug-likeness (QED) is 0.726. The molecule has 1 aromatic rings. The highest BCUT2D eigenvalue weighted by atomic mass is 16.2. The van der Waals surface area contributed by atoms with E-state index in [1.165, 1.54) is 50.8 Å². The van der Waals surface area contributed by atoms with Gasteiger partial charge in [0, 0.05) is 12.6 Å². The van der Waals surface area contributed by atoms with Crippen LogP contribution in [-0.2, 0) is 6.42 Å². The molecule has 2 heteroatoms. The monoisotopic (exact) mass is 261 g/mol. The largest absolute Gasteiger partial charge is 0.396 e. The fraction of sp³-hybridized carbons (Fsp3) is 0.647. The maximum Gasteiger partial charge on any atom is 0.0431 e. The fourth-order valence-corrected chi connectivity index (χ4v) is 3.13. The number of unbranched alkanes of at least 4 members (excludes halogenated alkanes) is 1. The van der Waals surface area contributed by atoms with Crippen molar-refractivity contribution < 1.29 is 5.11 Å². The second-order valence-corrected chi connectivity index (χ2v) is 5.64. The predicted octanol–water partition coefficient (Wildman–Crippen LogP) is 3.25. The van der Waals surface area contributed by atoms with Gasteiger partial charge in [0.2, 0.25) is 0 Å². The summed E-state index contributed by atoms with van der Waals surface area (Å²) >= 11 is 0. The normalized spacial score (nSPS) is 19.9. The maximum atomic E-state index is 8.86. The van der Waals surface area contributed by atoms with Gasteiger partial charge in [-0.3, -0.25) is 0 Å². The van der Waals surface area contributed by atoms with E-state index < -0.39 is 0 Å². The van der Waals surface area contributed by atoms with Crippen molar-refractivity contribution in [2.45, 2.75) is 51.0 Å². The van der Waals surface area contributed by atoms with Gasteiger partial charge in [0.1, 0.15) is 0 Å². The number of hydrogen-bond acceptors (Lipinski definition) is 2. The minimum atomic E-state index is 0.340. The van der Waals surface area contributed by atoms with Gasteiger partial charge in [-0.15, -0.1) is 0 Å². The first kappa shape index (κ1) is 14.5. The van der Waals surface area contributed by atoms with E-state index in [9.17, 15) is 0 Å². The standard InChI is InChI=1S/C17H27NO/c19-15-5-4-13-18-14-7-12-17(18)11-6-10-16-8-2-1-3-9-16/h1-3,8-9,17,19H,4-7,10-15H2. The highest BCUT2D eigenvalue weighted by Crippen LogP contribution is 2.22. The van der Waals surface area contributed by atoms with Crippen LogP contribution < -0.4 is 0 Å². The van der Waals surface area contributed by atoms with E-state index in [-0.39, 0.29) is 0 Å². The number of likely N-dealkylation sites (tertiary alicyclic amines) is 1. The third-order valence-corrected chi connectivity index (χ3v) is 4.20. The number of benzene rings is 1. The van der Waals surface area contributed by atoms with Gasteiger partial charge in [0.25, 0.3) is 0 Å². The Kier molecular flexibility index (Phi) is 6.38. The molecule has 0 radical (unpaired) electrons. The van der Waals surface area contributed by atoms with Crippen molar-refractivity contribution in [3.63, 3.8) is 0 Å². The first-order valence-corrected chi connectivity index (χ1v) is 7.79. The average molecular weight is 261 g/mol. The first-order chi connectivity index (χ1) is 9.40. The lowest BCUT2D eigenvalue weighted by molar-refractivity contribution is 0.220. The molecule has 1 aliphatic rings. The smallest absolute Gasteiger partial charge is 0.0431 e. The molecule has 1 atom stereocenters. The lowest BCUT2D eigenvalue weighted by Gasteiger charge is -2.24. The van der Waals surface area contributed by atoms with Gasteiger partial charge in [-0.25, -0.2) is 0 Å². The van der Waals surface area contributed by atoms with Crippen molar-refractivity contribution in [3.05, 3.63) is 35.9 Å². The summed E-state index contributed by atoms with van der Waals surface area (Å²) < 4.78 is 0. The van der Waals surface area contributed by atoms with Crippen LogP contribution in [0.4, 0.5) is 0 Å². The van der Waals surface area contributed by atoms with Crippen molar-refractivity contribution in [2.24, 2.45) is 0 Å². The van der Waals surface area contributed by atoms with Crippen molar-refractivity contribution in [2.75, 3.05) is 19.7 Å². The molecule has 0 saturated carbocycles. The van der Waals surface area contributed by atoms with Gasteiger partial charge < -0.3 is 10.0 Å². The molecule has 1 aliphatic heterocycles. The van der Waals surface area contributed by atoms with E-state index in [1.807, 2.05) is 0 Å². The summed E-state index contributed by atoms with van der Waals surface area (Å²) in [6.07, 6.45) is 8.66. The van der Waals surface area contributed by atoms with E-state index in [4.69, 9.17) is 5.11 Å². The maximum absolute atomic E-state index is 8.86. The second-order valence-electron chi connectivity index (χ2n) is 5.64. The molecule has 19 heavy (non-hydrogen) atoms. The van der Waals surface area contributed by atoms with Crippen LogP contribution in [0.5, 0.6) is 0 Å². The van der Waals surface area contributed by atoms with E-state index in [0.717, 1.165) is 18.9 Å². The van der Waals surface area contributed by atoms with Crippen LogP contribution in [0.15, 0.2) is 30.3 Å². The van der Waals surface area contributed by atoms with Gasteiger partial charge in [-0.2, -0.15) is 0 Å². The van der Waals surface area contributed by atoms with Crippen LogP contribution in [-0.4, -0.2) is 35.7 Å². The van der Waals surface area contributed by atoms with Crippen LogP contribution in [0, 0.1) is 0 Å². The summed E-state index contributed by atoms with van der Waals surface area (Å²) in [7, 11) is 0. The molecular weight excluding hydrogens is 234 g/mol. The van der Waals surface area contributed by atoms with Crippen LogP contribution in [0.2, 0.25) is 0 Å². The fourth-order valence-electron chi connectivity index (χ4n) is 3.13. The molecule has 1 saturated heterocycles. The summed E-state index contributed by atoms with van der Waals surface area (Å²) in [5.74, 6) is 0. The molecule has 0 spiro atoms. The zero-order chi connectivity index (χ0) is 13.3. The van der Waals surface area contributed by atoms with E-state index in [1.54, 1.807) is 0 Å². The van der Waals surface area contributed by atoms with Crippen LogP contribution in [0.3, 0.4) is 0 Å². The molecule has 106 valence electrons. The van der Waals surface area contributed by atoms with Gasteiger partial charge in [-0.1, -0.05) is 30.3 Å². The molecule has 1 heterocycles. The molecule has 1 unspecified atom stereocenters. The molecule has 0 bridgehead atoms. The average Bonchev–Trinajstić information content (AvgIpc) is 2.88. The number of aryl methyl sites for hydroxylation is 1. The van der Waals surface area contributed by atoms with Crippen molar-refractivity contribution in [1.82, 2.24) is 4.90 Å². The third-order valence-electron chi connectivity index (χ3n) is 4.20. The van der Waals surface area contributed by atoms with E-state index >= 15 is 0 Å². The number of hydrogen-bond donors (Lipinski definition) is 1. The number of rotatable bonds is 8. The molecule has 2 nitrogen and oxygen atoms in total. The first-order valence-electron chi connectivity index (χ1n) is 7.79. The van der Waals surface area contributed by atoms with Crippen molar-refractivity contribution in [1.29, 1.82) is 0 Å². The number of nitrogens with zero attached hydrogens (tertiary/aromatic N) is 1. The van der Waals surface area contributed by atoms with Crippen LogP contribution in [0.1, 0.15) is 44.1 Å².